The van der Waals surface area contributed by atoms with E-state index in [1.54, 1.807) is 13.0 Å². The molecular formula is C22H21F3N4O4. The third-order valence-electron chi connectivity index (χ3n) is 5.49. The molecule has 0 aromatic carbocycles. The molecule has 11 heteroatoms. The number of carbonyl (C=O) groups is 3. The first-order chi connectivity index (χ1) is 15.6. The lowest BCUT2D eigenvalue weighted by Gasteiger charge is -2.22. The number of nitrogens with zero attached hydrogens (tertiary/aromatic N) is 2. The van der Waals surface area contributed by atoms with Crippen molar-refractivity contribution in [3.8, 4) is 0 Å². The van der Waals surface area contributed by atoms with Crippen LogP contribution in [-0.4, -0.2) is 40.6 Å². The van der Waals surface area contributed by atoms with Gasteiger partial charge >= 0.3 is 12.1 Å². The van der Waals surface area contributed by atoms with Crippen LogP contribution in [0, 0.1) is 18.8 Å². The topological polar surface area (TPSA) is 102 Å². The van der Waals surface area contributed by atoms with Crippen molar-refractivity contribution >= 4 is 41.2 Å². The van der Waals surface area contributed by atoms with Gasteiger partial charge in [-0.1, -0.05) is 6.08 Å². The zero-order valence-electron chi connectivity index (χ0n) is 17.8. The first-order valence-corrected chi connectivity index (χ1v) is 10.2. The Kier molecular flexibility index (Phi) is 5.73. The van der Waals surface area contributed by atoms with E-state index >= 15 is 0 Å². The molecule has 2 N–H and O–H groups in total. The highest BCUT2D eigenvalue weighted by Crippen LogP contribution is 2.35. The summed E-state index contributed by atoms with van der Waals surface area (Å²) in [6.45, 7) is 1.72. The van der Waals surface area contributed by atoms with Crippen LogP contribution in [0.25, 0.3) is 6.08 Å². The SMILES string of the molecule is COC(=O)c1cnc(NC(=O)C2CC2)cc1Nc1cc(C)c2n1C(=O)C(CC(F)(F)F)C=C2. The molecule has 8 nitrogen and oxygen atoms in total. The number of allylic oxidation sites excluding steroid dienone is 1. The van der Waals surface area contributed by atoms with Crippen LogP contribution in [0.1, 0.15) is 45.7 Å². The highest BCUT2D eigenvalue weighted by Gasteiger charge is 2.37. The monoisotopic (exact) mass is 462 g/mol. The average molecular weight is 462 g/mol. The van der Waals surface area contributed by atoms with Gasteiger partial charge < -0.3 is 15.4 Å². The van der Waals surface area contributed by atoms with Crippen molar-refractivity contribution in [1.82, 2.24) is 9.55 Å². The van der Waals surface area contributed by atoms with Gasteiger partial charge in [-0.15, -0.1) is 0 Å². The van der Waals surface area contributed by atoms with Crippen LogP contribution < -0.4 is 10.6 Å². The maximum atomic E-state index is 12.9. The fourth-order valence-electron chi connectivity index (χ4n) is 3.66. The minimum atomic E-state index is -4.50. The fraction of sp³-hybridized carbons (Fsp3) is 0.364. The number of pyridine rings is 1. The van der Waals surface area contributed by atoms with Gasteiger partial charge in [-0.25, -0.2) is 9.78 Å². The van der Waals surface area contributed by atoms with Crippen LogP contribution in [0.3, 0.4) is 0 Å². The van der Waals surface area contributed by atoms with Crippen molar-refractivity contribution in [2.45, 2.75) is 32.4 Å². The van der Waals surface area contributed by atoms with Gasteiger partial charge in [-0.05, 0) is 37.5 Å². The second kappa shape index (κ2) is 8.38. The van der Waals surface area contributed by atoms with Crippen molar-refractivity contribution < 1.29 is 32.3 Å². The number of hydrogen-bond acceptors (Lipinski definition) is 6. The Morgan fingerprint density at radius 1 is 1.27 bits per heavy atom. The van der Waals surface area contributed by atoms with Crippen molar-refractivity contribution in [1.29, 1.82) is 0 Å². The molecular weight excluding hydrogens is 441 g/mol. The van der Waals surface area contributed by atoms with E-state index in [1.807, 2.05) is 0 Å². The van der Waals surface area contributed by atoms with Gasteiger partial charge in [-0.3, -0.25) is 14.2 Å². The number of methoxy groups -OCH3 is 1. The molecule has 1 saturated carbocycles. The van der Waals surface area contributed by atoms with Gasteiger partial charge in [-0.2, -0.15) is 13.2 Å². The summed E-state index contributed by atoms with van der Waals surface area (Å²) < 4.78 is 44.7. The van der Waals surface area contributed by atoms with E-state index < -0.39 is 30.4 Å². The average Bonchev–Trinajstić information content (AvgIpc) is 3.54. The summed E-state index contributed by atoms with van der Waals surface area (Å²) in [5.74, 6) is -2.71. The Morgan fingerprint density at radius 2 is 2.00 bits per heavy atom. The number of amides is 1. The molecule has 0 saturated heterocycles. The maximum absolute atomic E-state index is 12.9. The van der Waals surface area contributed by atoms with E-state index in [4.69, 9.17) is 4.74 Å². The molecule has 174 valence electrons. The fourth-order valence-corrected chi connectivity index (χ4v) is 3.66. The minimum absolute atomic E-state index is 0.0285. The summed E-state index contributed by atoms with van der Waals surface area (Å²) in [5, 5.41) is 5.62. The molecule has 3 heterocycles. The van der Waals surface area contributed by atoms with Crippen molar-refractivity contribution in [3.05, 3.63) is 41.2 Å². The van der Waals surface area contributed by atoms with E-state index in [0.29, 0.717) is 11.3 Å². The number of ether oxygens (including phenoxy) is 1. The molecule has 1 aliphatic heterocycles. The smallest absolute Gasteiger partial charge is 0.390 e. The predicted octanol–water partition coefficient (Wildman–Crippen LogP) is 4.31. The zero-order valence-corrected chi connectivity index (χ0v) is 17.8. The number of esters is 1. The quantitative estimate of drug-likeness (QED) is 0.621. The van der Waals surface area contributed by atoms with E-state index in [9.17, 15) is 27.6 Å². The number of halogens is 3. The number of fused-ring (bicyclic) bond motifs is 1. The van der Waals surface area contributed by atoms with Crippen LogP contribution in [-0.2, 0) is 9.53 Å². The van der Waals surface area contributed by atoms with Crippen molar-refractivity contribution in [3.63, 3.8) is 0 Å². The Morgan fingerprint density at radius 3 is 2.64 bits per heavy atom. The van der Waals surface area contributed by atoms with Gasteiger partial charge in [0.1, 0.15) is 17.2 Å². The van der Waals surface area contributed by atoms with E-state index in [2.05, 4.69) is 15.6 Å². The summed E-state index contributed by atoms with van der Waals surface area (Å²) in [5.41, 5.74) is 1.30. The Hall–Kier alpha value is -3.63. The number of rotatable bonds is 6. The number of aryl methyl sites for hydroxylation is 1. The van der Waals surface area contributed by atoms with E-state index in [0.717, 1.165) is 17.4 Å². The lowest BCUT2D eigenvalue weighted by Crippen LogP contribution is -2.29. The lowest BCUT2D eigenvalue weighted by atomic mass is 10.00. The summed E-state index contributed by atoms with van der Waals surface area (Å²) in [6.07, 6.45) is -0.248. The highest BCUT2D eigenvalue weighted by molar-refractivity contribution is 5.99. The summed E-state index contributed by atoms with van der Waals surface area (Å²) >= 11 is 0. The van der Waals surface area contributed by atoms with Gasteiger partial charge in [0, 0.05) is 18.2 Å². The standard InChI is InChI=1S/C22H21F3N4O4/c1-11-7-18(29-16(11)6-5-13(20(29)31)9-22(23,24)25)27-15-8-17(28-19(30)12-3-4-12)26-10-14(15)21(32)33-2/h5-8,10,12-13H,3-4,9H2,1-2H3,(H2,26,27,28,30). The van der Waals surface area contributed by atoms with Crippen LogP contribution >= 0.6 is 0 Å². The maximum Gasteiger partial charge on any atom is 0.390 e. The van der Waals surface area contributed by atoms with E-state index in [-0.39, 0.29) is 34.7 Å². The van der Waals surface area contributed by atoms with Crippen LogP contribution in [0.4, 0.5) is 30.5 Å². The molecule has 1 atom stereocenters. The van der Waals surface area contributed by atoms with Crippen molar-refractivity contribution in [2.24, 2.45) is 11.8 Å². The Bertz CT molecular complexity index is 1170. The van der Waals surface area contributed by atoms with Crippen molar-refractivity contribution in [2.75, 3.05) is 17.7 Å². The van der Waals surface area contributed by atoms with Crippen LogP contribution in [0.15, 0.2) is 24.4 Å². The number of alkyl halides is 3. The Labute approximate surface area is 186 Å². The van der Waals surface area contributed by atoms with Gasteiger partial charge in [0.15, 0.2) is 0 Å². The predicted molar refractivity (Wildman–Crippen MR) is 113 cm³/mol. The number of hydrogen-bond donors (Lipinski definition) is 2. The molecule has 1 fully saturated rings. The molecule has 1 unspecified atom stereocenters. The second-order valence-electron chi connectivity index (χ2n) is 8.05. The third-order valence-corrected chi connectivity index (χ3v) is 5.49. The van der Waals surface area contributed by atoms with Gasteiger partial charge in [0.05, 0.1) is 30.8 Å². The highest BCUT2D eigenvalue weighted by atomic mass is 19.4. The van der Waals surface area contributed by atoms with Gasteiger partial charge in [0.25, 0.3) is 0 Å². The van der Waals surface area contributed by atoms with Crippen LogP contribution in [0.2, 0.25) is 0 Å². The minimum Gasteiger partial charge on any atom is -0.465 e. The van der Waals surface area contributed by atoms with Crippen LogP contribution in [0.5, 0.6) is 0 Å². The van der Waals surface area contributed by atoms with E-state index in [1.165, 1.54) is 31.5 Å². The zero-order chi connectivity index (χ0) is 23.9. The Balaban J connectivity index is 1.69. The molecule has 1 aliphatic carbocycles. The summed E-state index contributed by atoms with van der Waals surface area (Å²) in [6, 6.07) is 3.01. The molecule has 0 spiro atoms. The molecule has 33 heavy (non-hydrogen) atoms. The summed E-state index contributed by atoms with van der Waals surface area (Å²) in [7, 11) is 1.19. The molecule has 0 radical (unpaired) electrons. The number of carbonyl (C=O) groups excluding carboxylic acids is 3. The largest absolute Gasteiger partial charge is 0.465 e. The molecule has 0 bridgehead atoms. The summed E-state index contributed by atoms with van der Waals surface area (Å²) in [4.78, 5) is 41.3. The first-order valence-electron chi connectivity index (χ1n) is 10.2. The molecule has 4 rings (SSSR count). The third kappa shape index (κ3) is 4.76. The molecule has 2 aromatic rings. The number of aromatic nitrogens is 2. The number of anilines is 3. The number of nitrogens with one attached hydrogen (secondary N) is 2. The normalized spacial score (nSPS) is 17.5. The lowest BCUT2D eigenvalue weighted by molar-refractivity contribution is -0.139. The molecule has 1 amide bonds. The molecule has 2 aromatic heterocycles. The van der Waals surface area contributed by atoms with Gasteiger partial charge in [0.2, 0.25) is 11.8 Å². The second-order valence-corrected chi connectivity index (χ2v) is 8.05. The molecule has 2 aliphatic rings. The first kappa shape index (κ1) is 22.6.